The third-order valence-electron chi connectivity index (χ3n) is 5.14. The number of carbonyl (C=O) groups excluding carboxylic acids is 1. The van der Waals surface area contributed by atoms with Crippen LogP contribution in [-0.4, -0.2) is 37.7 Å². The van der Waals surface area contributed by atoms with E-state index in [-0.39, 0.29) is 6.03 Å². The molecule has 1 saturated heterocycles. The van der Waals surface area contributed by atoms with E-state index in [9.17, 15) is 4.79 Å². The minimum atomic E-state index is 0.0240. The van der Waals surface area contributed by atoms with Gasteiger partial charge in [0.05, 0.1) is 5.69 Å². The molecule has 3 rings (SSSR count). The first-order valence-corrected chi connectivity index (χ1v) is 9.22. The van der Waals surface area contributed by atoms with Crippen LogP contribution in [0.5, 0.6) is 0 Å². The number of hydrogen-bond donors (Lipinski definition) is 1. The van der Waals surface area contributed by atoms with Crippen molar-refractivity contribution in [3.05, 3.63) is 42.0 Å². The molecule has 25 heavy (non-hydrogen) atoms. The summed E-state index contributed by atoms with van der Waals surface area (Å²) in [6, 6.07) is 12.4. The molecule has 0 radical (unpaired) electrons. The Hall–Kier alpha value is -2.07. The Balaban J connectivity index is 1.69. The maximum absolute atomic E-state index is 12.8. The summed E-state index contributed by atoms with van der Waals surface area (Å²) < 4.78 is 5.15. The van der Waals surface area contributed by atoms with Gasteiger partial charge in [-0.25, -0.2) is 4.79 Å². The van der Waals surface area contributed by atoms with Crippen LogP contribution in [0.3, 0.4) is 0 Å². The fourth-order valence-corrected chi connectivity index (χ4v) is 3.73. The first-order valence-electron chi connectivity index (χ1n) is 9.22. The van der Waals surface area contributed by atoms with Crippen LogP contribution in [0.15, 0.2) is 36.4 Å². The Kier molecular flexibility index (Phi) is 5.92. The van der Waals surface area contributed by atoms with E-state index in [2.05, 4.69) is 29.6 Å². The lowest BCUT2D eigenvalue weighted by molar-refractivity contribution is 0.156. The van der Waals surface area contributed by atoms with Gasteiger partial charge < -0.3 is 15.0 Å². The maximum Gasteiger partial charge on any atom is 0.321 e. The van der Waals surface area contributed by atoms with Crippen LogP contribution in [-0.2, 0) is 4.74 Å². The molecule has 0 bridgehead atoms. The fourth-order valence-electron chi connectivity index (χ4n) is 3.73. The number of rotatable bonds is 5. The lowest BCUT2D eigenvalue weighted by Gasteiger charge is -2.33. The number of hydrogen-bond acceptors (Lipinski definition) is 2. The van der Waals surface area contributed by atoms with Gasteiger partial charge in [-0.3, -0.25) is 0 Å². The molecule has 0 unspecified atom stereocenters. The molecule has 2 aromatic carbocycles. The summed E-state index contributed by atoms with van der Waals surface area (Å²) in [5.74, 6) is 0.586. The molecule has 0 saturated carbocycles. The molecule has 0 aliphatic carbocycles. The summed E-state index contributed by atoms with van der Waals surface area (Å²) in [6.45, 7) is 4.54. The molecule has 1 heterocycles. The summed E-state index contributed by atoms with van der Waals surface area (Å²) in [4.78, 5) is 14.8. The van der Waals surface area contributed by atoms with E-state index in [0.29, 0.717) is 5.92 Å². The first kappa shape index (κ1) is 17.7. The largest absolute Gasteiger partial charge is 0.385 e. The van der Waals surface area contributed by atoms with Crippen LogP contribution in [0.4, 0.5) is 10.5 Å². The molecule has 1 aliphatic heterocycles. The summed E-state index contributed by atoms with van der Waals surface area (Å²) in [5.41, 5.74) is 2.03. The zero-order chi connectivity index (χ0) is 17.6. The summed E-state index contributed by atoms with van der Waals surface area (Å²) >= 11 is 0. The molecule has 2 amide bonds. The van der Waals surface area contributed by atoms with Gasteiger partial charge in [0.15, 0.2) is 0 Å². The van der Waals surface area contributed by atoms with Gasteiger partial charge in [-0.05, 0) is 49.5 Å². The highest BCUT2D eigenvalue weighted by molar-refractivity contribution is 6.02. The molecule has 134 valence electrons. The Bertz CT molecular complexity index is 729. The average molecular weight is 340 g/mol. The van der Waals surface area contributed by atoms with E-state index in [1.807, 2.05) is 24.0 Å². The van der Waals surface area contributed by atoms with E-state index < -0.39 is 0 Å². The molecule has 0 aromatic heterocycles. The number of aryl methyl sites for hydroxylation is 1. The third-order valence-corrected chi connectivity index (χ3v) is 5.14. The molecule has 0 spiro atoms. The van der Waals surface area contributed by atoms with Crippen LogP contribution in [0.1, 0.15) is 31.2 Å². The van der Waals surface area contributed by atoms with Crippen LogP contribution in [0.2, 0.25) is 0 Å². The molecule has 1 aliphatic rings. The molecule has 1 N–H and O–H groups in total. The number of methoxy groups -OCH3 is 1. The average Bonchev–Trinajstić information content (AvgIpc) is 2.64. The topological polar surface area (TPSA) is 41.6 Å². The van der Waals surface area contributed by atoms with Gasteiger partial charge in [0.2, 0.25) is 0 Å². The van der Waals surface area contributed by atoms with Gasteiger partial charge in [0.1, 0.15) is 0 Å². The van der Waals surface area contributed by atoms with Crippen molar-refractivity contribution in [2.75, 3.05) is 32.1 Å². The van der Waals surface area contributed by atoms with Crippen molar-refractivity contribution in [1.82, 2.24) is 4.90 Å². The molecule has 1 fully saturated rings. The second-order valence-corrected chi connectivity index (χ2v) is 7.00. The van der Waals surface area contributed by atoms with Crippen molar-refractivity contribution in [3.63, 3.8) is 0 Å². The highest BCUT2D eigenvalue weighted by atomic mass is 16.5. The van der Waals surface area contributed by atoms with Crippen molar-refractivity contribution in [2.45, 2.75) is 32.6 Å². The van der Waals surface area contributed by atoms with E-state index in [1.165, 1.54) is 6.42 Å². The predicted octanol–water partition coefficient (Wildman–Crippen LogP) is 4.82. The normalized spacial score (nSPS) is 17.7. The van der Waals surface area contributed by atoms with Gasteiger partial charge in [-0.15, -0.1) is 0 Å². The number of urea groups is 1. The maximum atomic E-state index is 12.8. The van der Waals surface area contributed by atoms with E-state index in [1.54, 1.807) is 7.11 Å². The number of nitrogens with zero attached hydrogens (tertiary/aromatic N) is 1. The van der Waals surface area contributed by atoms with Gasteiger partial charge in [0.25, 0.3) is 0 Å². The Morgan fingerprint density at radius 2 is 2.12 bits per heavy atom. The van der Waals surface area contributed by atoms with Gasteiger partial charge in [-0.2, -0.15) is 0 Å². The number of carbonyl (C=O) groups is 1. The third kappa shape index (κ3) is 4.31. The number of ether oxygens (including phenoxy) is 1. The first-order chi connectivity index (χ1) is 12.2. The SMILES string of the molecule is COCCC[C@@H]1CCCN(C(=O)Nc2c(C)ccc3ccccc23)C1. The van der Waals surface area contributed by atoms with Crippen LogP contribution >= 0.6 is 0 Å². The highest BCUT2D eigenvalue weighted by Crippen LogP contribution is 2.28. The van der Waals surface area contributed by atoms with Crippen molar-refractivity contribution in [1.29, 1.82) is 0 Å². The number of anilines is 1. The lowest BCUT2D eigenvalue weighted by atomic mass is 9.94. The van der Waals surface area contributed by atoms with Crippen LogP contribution < -0.4 is 5.32 Å². The lowest BCUT2D eigenvalue weighted by Crippen LogP contribution is -2.42. The monoisotopic (exact) mass is 340 g/mol. The van der Waals surface area contributed by atoms with E-state index in [4.69, 9.17) is 4.74 Å². The van der Waals surface area contributed by atoms with E-state index in [0.717, 1.165) is 61.0 Å². The Morgan fingerprint density at radius 3 is 2.96 bits per heavy atom. The quantitative estimate of drug-likeness (QED) is 0.793. The molecule has 4 nitrogen and oxygen atoms in total. The van der Waals surface area contributed by atoms with Gasteiger partial charge in [-0.1, -0.05) is 36.4 Å². The highest BCUT2D eigenvalue weighted by Gasteiger charge is 2.24. The molecular formula is C21H28N2O2. The summed E-state index contributed by atoms with van der Waals surface area (Å²) in [6.07, 6.45) is 4.49. The van der Waals surface area contributed by atoms with Gasteiger partial charge >= 0.3 is 6.03 Å². The second-order valence-electron chi connectivity index (χ2n) is 7.00. The summed E-state index contributed by atoms with van der Waals surface area (Å²) in [7, 11) is 1.74. The number of piperidine rings is 1. The standard InChI is InChI=1S/C21H28N2O2/c1-16-11-12-18-9-3-4-10-19(18)20(16)22-21(24)23-13-5-7-17(15-23)8-6-14-25-2/h3-4,9-12,17H,5-8,13-15H2,1-2H3,(H,22,24)/t17-/m0/s1. The molecule has 2 aromatic rings. The number of likely N-dealkylation sites (tertiary alicyclic amines) is 1. The summed E-state index contributed by atoms with van der Waals surface area (Å²) in [5, 5.41) is 5.43. The number of amides is 2. The molecule has 1 atom stereocenters. The number of benzene rings is 2. The zero-order valence-electron chi connectivity index (χ0n) is 15.3. The smallest absolute Gasteiger partial charge is 0.321 e. The molecule has 4 heteroatoms. The number of fused-ring (bicyclic) bond motifs is 1. The number of nitrogens with one attached hydrogen (secondary N) is 1. The van der Waals surface area contributed by atoms with Crippen molar-refractivity contribution in [2.24, 2.45) is 5.92 Å². The zero-order valence-corrected chi connectivity index (χ0v) is 15.3. The predicted molar refractivity (Wildman–Crippen MR) is 103 cm³/mol. The fraction of sp³-hybridized carbons (Fsp3) is 0.476. The Labute approximate surface area is 150 Å². The van der Waals surface area contributed by atoms with E-state index >= 15 is 0 Å². The molecular weight excluding hydrogens is 312 g/mol. The van der Waals surface area contributed by atoms with Crippen molar-refractivity contribution in [3.8, 4) is 0 Å². The van der Waals surface area contributed by atoms with Gasteiger partial charge in [0, 0.05) is 32.2 Å². The van der Waals surface area contributed by atoms with Crippen molar-refractivity contribution < 1.29 is 9.53 Å². The minimum absolute atomic E-state index is 0.0240. The second kappa shape index (κ2) is 8.34. The Morgan fingerprint density at radius 1 is 1.28 bits per heavy atom. The van der Waals surface area contributed by atoms with Crippen LogP contribution in [0.25, 0.3) is 10.8 Å². The van der Waals surface area contributed by atoms with Crippen molar-refractivity contribution >= 4 is 22.5 Å². The van der Waals surface area contributed by atoms with Crippen LogP contribution in [0, 0.1) is 12.8 Å². The minimum Gasteiger partial charge on any atom is -0.385 e.